The van der Waals surface area contributed by atoms with Gasteiger partial charge in [0, 0.05) is 0 Å². The SMILES string of the molecule is CCCCCCCCCCCCCCCCCCCCCCCCCc1ccccc1S(=O)(=O)O. The Labute approximate surface area is 218 Å². The van der Waals surface area contributed by atoms with E-state index in [4.69, 9.17) is 0 Å². The van der Waals surface area contributed by atoms with E-state index >= 15 is 0 Å². The molecule has 204 valence electrons. The van der Waals surface area contributed by atoms with Crippen LogP contribution in [0.25, 0.3) is 0 Å². The standard InChI is InChI=1S/C31H56O3S/c1-2-3-4-5-6-7-8-9-10-11-12-13-14-15-16-17-18-19-20-21-22-23-24-27-30-28-25-26-29-31(30)35(32,33)34/h25-26,28-29H,2-24,27H2,1H3,(H,32,33,34). The number of hydrogen-bond donors (Lipinski definition) is 1. The van der Waals surface area contributed by atoms with Crippen LogP contribution in [0.4, 0.5) is 0 Å². The van der Waals surface area contributed by atoms with Crippen LogP contribution in [-0.4, -0.2) is 13.0 Å². The maximum atomic E-state index is 11.4. The molecule has 4 heteroatoms. The van der Waals surface area contributed by atoms with Gasteiger partial charge in [-0.05, 0) is 24.5 Å². The molecule has 0 saturated heterocycles. The molecule has 0 amide bonds. The van der Waals surface area contributed by atoms with Crippen molar-refractivity contribution in [1.82, 2.24) is 0 Å². The fourth-order valence-electron chi connectivity index (χ4n) is 5.06. The van der Waals surface area contributed by atoms with Gasteiger partial charge in [0.15, 0.2) is 0 Å². The van der Waals surface area contributed by atoms with Crippen molar-refractivity contribution >= 4 is 10.1 Å². The molecule has 0 aliphatic carbocycles. The molecule has 0 aromatic heterocycles. The van der Waals surface area contributed by atoms with Crippen molar-refractivity contribution in [2.24, 2.45) is 0 Å². The van der Waals surface area contributed by atoms with Gasteiger partial charge in [0.25, 0.3) is 10.1 Å². The Morgan fingerprint density at radius 1 is 0.514 bits per heavy atom. The van der Waals surface area contributed by atoms with Crippen LogP contribution in [-0.2, 0) is 16.5 Å². The molecule has 3 nitrogen and oxygen atoms in total. The van der Waals surface area contributed by atoms with E-state index in [9.17, 15) is 13.0 Å². The third-order valence-electron chi connectivity index (χ3n) is 7.30. The summed E-state index contributed by atoms with van der Waals surface area (Å²) in [4.78, 5) is 0.0683. The molecule has 0 unspecified atom stereocenters. The molecule has 0 bridgehead atoms. The first-order chi connectivity index (χ1) is 17.1. The van der Waals surface area contributed by atoms with Gasteiger partial charge in [0.1, 0.15) is 0 Å². The van der Waals surface area contributed by atoms with Crippen molar-refractivity contribution < 1.29 is 13.0 Å². The van der Waals surface area contributed by atoms with Crippen molar-refractivity contribution in [1.29, 1.82) is 0 Å². The molecule has 0 heterocycles. The fraction of sp³-hybridized carbons (Fsp3) is 0.806. The fourth-order valence-corrected chi connectivity index (χ4v) is 5.81. The number of aryl methyl sites for hydroxylation is 1. The summed E-state index contributed by atoms with van der Waals surface area (Å²) >= 11 is 0. The summed E-state index contributed by atoms with van der Waals surface area (Å²) in [5.41, 5.74) is 0.735. The van der Waals surface area contributed by atoms with Gasteiger partial charge < -0.3 is 0 Å². The van der Waals surface area contributed by atoms with Crippen LogP contribution >= 0.6 is 0 Å². The molecule has 1 aromatic rings. The van der Waals surface area contributed by atoms with Crippen molar-refractivity contribution in [3.63, 3.8) is 0 Å². The quantitative estimate of drug-likeness (QED) is 0.105. The van der Waals surface area contributed by atoms with Crippen LogP contribution in [0.3, 0.4) is 0 Å². The zero-order valence-corrected chi connectivity index (χ0v) is 23.8. The number of unbranched alkanes of at least 4 members (excludes halogenated alkanes) is 22. The van der Waals surface area contributed by atoms with E-state index in [2.05, 4.69) is 6.92 Å². The molecule has 0 fully saturated rings. The molecule has 0 aliphatic heterocycles. The second-order valence-corrected chi connectivity index (χ2v) is 12.0. The molecule has 1 N–H and O–H groups in total. The lowest BCUT2D eigenvalue weighted by Gasteiger charge is -2.07. The third-order valence-corrected chi connectivity index (χ3v) is 8.25. The van der Waals surface area contributed by atoms with Crippen molar-refractivity contribution in [3.05, 3.63) is 29.8 Å². The average molecular weight is 509 g/mol. The average Bonchev–Trinajstić information content (AvgIpc) is 2.84. The lowest BCUT2D eigenvalue weighted by molar-refractivity contribution is 0.481. The molecule has 0 saturated carbocycles. The van der Waals surface area contributed by atoms with E-state index in [1.165, 1.54) is 141 Å². The highest BCUT2D eigenvalue weighted by molar-refractivity contribution is 7.85. The zero-order chi connectivity index (χ0) is 25.5. The summed E-state index contributed by atoms with van der Waals surface area (Å²) in [6.07, 6.45) is 32.3. The molecule has 35 heavy (non-hydrogen) atoms. The van der Waals surface area contributed by atoms with Crippen LogP contribution in [0.2, 0.25) is 0 Å². The second kappa shape index (κ2) is 22.3. The highest BCUT2D eigenvalue weighted by Gasteiger charge is 2.13. The van der Waals surface area contributed by atoms with Crippen LogP contribution < -0.4 is 0 Å². The van der Waals surface area contributed by atoms with Gasteiger partial charge in [-0.1, -0.05) is 166 Å². The second-order valence-electron chi connectivity index (χ2n) is 10.6. The molecule has 1 rings (SSSR count). The molecular weight excluding hydrogens is 452 g/mol. The van der Waals surface area contributed by atoms with Crippen molar-refractivity contribution in [2.45, 2.75) is 166 Å². The Kier molecular flexibility index (Phi) is 20.5. The summed E-state index contributed by atoms with van der Waals surface area (Å²) in [7, 11) is -4.11. The Morgan fingerprint density at radius 2 is 0.829 bits per heavy atom. The summed E-state index contributed by atoms with van der Waals surface area (Å²) < 4.78 is 32.2. The maximum Gasteiger partial charge on any atom is 0.294 e. The van der Waals surface area contributed by atoms with Crippen LogP contribution in [0.1, 0.15) is 160 Å². The van der Waals surface area contributed by atoms with Gasteiger partial charge in [0.05, 0.1) is 4.90 Å². The minimum atomic E-state index is -4.11. The Hall–Kier alpha value is -0.870. The van der Waals surface area contributed by atoms with E-state index in [0.29, 0.717) is 0 Å². The predicted octanol–water partition coefficient (Wildman–Crippen LogP) is 10.5. The maximum absolute atomic E-state index is 11.4. The van der Waals surface area contributed by atoms with Gasteiger partial charge in [0.2, 0.25) is 0 Å². The Bertz CT molecular complexity index is 699. The van der Waals surface area contributed by atoms with Gasteiger partial charge in [-0.15, -0.1) is 0 Å². The Morgan fingerprint density at radius 3 is 1.17 bits per heavy atom. The summed E-state index contributed by atoms with van der Waals surface area (Å²) in [6.45, 7) is 2.29. The molecule has 0 spiro atoms. The van der Waals surface area contributed by atoms with Gasteiger partial charge in [-0.25, -0.2) is 0 Å². The smallest absolute Gasteiger partial charge is 0.282 e. The number of rotatable bonds is 25. The lowest BCUT2D eigenvalue weighted by Crippen LogP contribution is -2.03. The van der Waals surface area contributed by atoms with E-state index in [1.54, 1.807) is 12.1 Å². The van der Waals surface area contributed by atoms with E-state index in [0.717, 1.165) is 24.8 Å². The lowest BCUT2D eigenvalue weighted by atomic mass is 10.0. The zero-order valence-electron chi connectivity index (χ0n) is 23.0. The summed E-state index contributed by atoms with van der Waals surface area (Å²) in [5.74, 6) is 0. The van der Waals surface area contributed by atoms with E-state index < -0.39 is 10.1 Å². The highest BCUT2D eigenvalue weighted by atomic mass is 32.2. The number of benzene rings is 1. The summed E-state index contributed by atoms with van der Waals surface area (Å²) in [5, 5.41) is 0. The van der Waals surface area contributed by atoms with Crippen LogP contribution in [0.15, 0.2) is 29.2 Å². The molecule has 0 aliphatic rings. The topological polar surface area (TPSA) is 54.4 Å². The molecule has 0 atom stereocenters. The highest BCUT2D eigenvalue weighted by Crippen LogP contribution is 2.19. The van der Waals surface area contributed by atoms with Crippen LogP contribution in [0.5, 0.6) is 0 Å². The van der Waals surface area contributed by atoms with Crippen molar-refractivity contribution in [3.8, 4) is 0 Å². The number of hydrogen-bond acceptors (Lipinski definition) is 2. The van der Waals surface area contributed by atoms with Gasteiger partial charge in [-0.3, -0.25) is 4.55 Å². The minimum Gasteiger partial charge on any atom is -0.282 e. The summed E-state index contributed by atoms with van der Waals surface area (Å²) in [6, 6.07) is 6.79. The minimum absolute atomic E-state index is 0.0683. The molecule has 1 aromatic carbocycles. The van der Waals surface area contributed by atoms with E-state index in [1.807, 2.05) is 6.07 Å². The predicted molar refractivity (Wildman–Crippen MR) is 152 cm³/mol. The molecular formula is C31H56O3S. The van der Waals surface area contributed by atoms with Crippen LogP contribution in [0, 0.1) is 0 Å². The monoisotopic (exact) mass is 508 g/mol. The first-order valence-electron chi connectivity index (χ1n) is 15.1. The third kappa shape index (κ3) is 19.0. The largest absolute Gasteiger partial charge is 0.294 e. The normalized spacial score (nSPS) is 11.8. The first kappa shape index (κ1) is 32.2. The van der Waals surface area contributed by atoms with Gasteiger partial charge in [-0.2, -0.15) is 8.42 Å². The molecule has 0 radical (unpaired) electrons. The first-order valence-corrected chi connectivity index (χ1v) is 16.5. The Balaban J connectivity index is 1.78. The van der Waals surface area contributed by atoms with Crippen molar-refractivity contribution in [2.75, 3.05) is 0 Å². The van der Waals surface area contributed by atoms with E-state index in [-0.39, 0.29) is 4.90 Å². The van der Waals surface area contributed by atoms with Gasteiger partial charge >= 0.3 is 0 Å².